The van der Waals surface area contributed by atoms with Gasteiger partial charge in [0.15, 0.2) is 11.5 Å². The summed E-state index contributed by atoms with van der Waals surface area (Å²) in [5.41, 5.74) is 1.95. The van der Waals surface area contributed by atoms with Crippen LogP contribution in [0.2, 0.25) is 0 Å². The molecule has 1 aromatic heterocycles. The molecule has 21 heavy (non-hydrogen) atoms. The number of fused-ring (bicyclic) bond motifs is 1. The molecule has 0 bridgehead atoms. The Morgan fingerprint density at radius 2 is 1.86 bits per heavy atom. The number of halogens is 1. The molecule has 3 aromatic rings. The molecule has 0 aliphatic heterocycles. The summed E-state index contributed by atoms with van der Waals surface area (Å²) >= 11 is 0. The molecule has 2 aromatic carbocycles. The Bertz CT molecular complexity index is 720. The average Bonchev–Trinajstić information content (AvgIpc) is 2.53. The molecule has 5 heteroatoms. The van der Waals surface area contributed by atoms with Gasteiger partial charge in [-0.2, -0.15) is 0 Å². The van der Waals surface area contributed by atoms with Gasteiger partial charge in [-0.05, 0) is 11.6 Å². The lowest BCUT2D eigenvalue weighted by atomic mass is 10.2. The van der Waals surface area contributed by atoms with Gasteiger partial charge in [0.1, 0.15) is 12.9 Å². The summed E-state index contributed by atoms with van der Waals surface area (Å²) in [6.45, 7) is 0.494. The van der Waals surface area contributed by atoms with Crippen LogP contribution in [0.3, 0.4) is 0 Å². The van der Waals surface area contributed by atoms with E-state index in [4.69, 9.17) is 9.47 Å². The highest BCUT2D eigenvalue weighted by molar-refractivity contribution is 5.85. The molecular formula is C16H15ClN2O2. The van der Waals surface area contributed by atoms with E-state index in [1.165, 1.54) is 6.33 Å². The van der Waals surface area contributed by atoms with Crippen LogP contribution >= 0.6 is 12.4 Å². The van der Waals surface area contributed by atoms with Crippen LogP contribution in [0.15, 0.2) is 55.0 Å². The molecule has 0 aliphatic rings. The van der Waals surface area contributed by atoms with E-state index in [2.05, 4.69) is 9.97 Å². The summed E-state index contributed by atoms with van der Waals surface area (Å²) in [6.07, 6.45) is 3.28. The van der Waals surface area contributed by atoms with Gasteiger partial charge < -0.3 is 9.47 Å². The second kappa shape index (κ2) is 6.90. The third-order valence-corrected chi connectivity index (χ3v) is 3.03. The lowest BCUT2D eigenvalue weighted by molar-refractivity contribution is 0.285. The third-order valence-electron chi connectivity index (χ3n) is 3.03. The molecule has 0 fully saturated rings. The van der Waals surface area contributed by atoms with Crippen LogP contribution in [0.4, 0.5) is 0 Å². The second-order valence-corrected chi connectivity index (χ2v) is 4.36. The first-order valence-electron chi connectivity index (χ1n) is 6.31. The number of rotatable bonds is 4. The first-order valence-corrected chi connectivity index (χ1v) is 6.31. The van der Waals surface area contributed by atoms with Gasteiger partial charge in [-0.3, -0.25) is 0 Å². The quantitative estimate of drug-likeness (QED) is 0.738. The standard InChI is InChI=1S/C16H14N2O2.ClH/c1-19-15-7-13-9-17-11-18-14(13)8-16(15)20-10-12-5-3-2-4-6-12;/h2-9,11H,10H2,1H3;1H. The average molecular weight is 303 g/mol. The van der Waals surface area contributed by atoms with E-state index in [-0.39, 0.29) is 12.4 Å². The summed E-state index contributed by atoms with van der Waals surface area (Å²) in [4.78, 5) is 8.23. The van der Waals surface area contributed by atoms with Crippen molar-refractivity contribution in [1.82, 2.24) is 9.97 Å². The highest BCUT2D eigenvalue weighted by Gasteiger charge is 2.08. The molecule has 0 unspecified atom stereocenters. The minimum Gasteiger partial charge on any atom is -0.493 e. The molecule has 0 radical (unpaired) electrons. The minimum atomic E-state index is 0. The van der Waals surface area contributed by atoms with E-state index in [9.17, 15) is 0 Å². The van der Waals surface area contributed by atoms with Gasteiger partial charge >= 0.3 is 0 Å². The number of methoxy groups -OCH3 is 1. The van der Waals surface area contributed by atoms with E-state index >= 15 is 0 Å². The van der Waals surface area contributed by atoms with Crippen molar-refractivity contribution in [3.63, 3.8) is 0 Å². The fourth-order valence-corrected chi connectivity index (χ4v) is 2.00. The maximum Gasteiger partial charge on any atom is 0.163 e. The van der Waals surface area contributed by atoms with E-state index < -0.39 is 0 Å². The highest BCUT2D eigenvalue weighted by atomic mass is 35.5. The third kappa shape index (κ3) is 3.41. The van der Waals surface area contributed by atoms with Gasteiger partial charge in [0.05, 0.1) is 12.6 Å². The van der Waals surface area contributed by atoms with Crippen LogP contribution in [0.25, 0.3) is 10.9 Å². The molecule has 1 heterocycles. The Balaban J connectivity index is 0.00000161. The molecule has 3 rings (SSSR count). The zero-order valence-electron chi connectivity index (χ0n) is 11.5. The first kappa shape index (κ1) is 15.1. The molecular weight excluding hydrogens is 288 g/mol. The Morgan fingerprint density at radius 1 is 1.05 bits per heavy atom. The smallest absolute Gasteiger partial charge is 0.163 e. The van der Waals surface area contributed by atoms with E-state index in [0.717, 1.165) is 16.5 Å². The lowest BCUT2D eigenvalue weighted by Gasteiger charge is -2.11. The van der Waals surface area contributed by atoms with Gasteiger partial charge in [-0.1, -0.05) is 30.3 Å². The highest BCUT2D eigenvalue weighted by Crippen LogP contribution is 2.31. The molecule has 108 valence electrons. The Labute approximate surface area is 129 Å². The predicted octanol–water partition coefficient (Wildman–Crippen LogP) is 3.64. The van der Waals surface area contributed by atoms with Crippen molar-refractivity contribution < 1.29 is 9.47 Å². The number of aromatic nitrogens is 2. The molecule has 4 nitrogen and oxygen atoms in total. The fraction of sp³-hybridized carbons (Fsp3) is 0.125. The van der Waals surface area contributed by atoms with Crippen molar-refractivity contribution in [3.8, 4) is 11.5 Å². The number of nitrogens with zero attached hydrogens (tertiary/aromatic N) is 2. The van der Waals surface area contributed by atoms with E-state index in [0.29, 0.717) is 18.1 Å². The van der Waals surface area contributed by atoms with Crippen molar-refractivity contribution in [3.05, 3.63) is 60.6 Å². The maximum absolute atomic E-state index is 5.84. The Kier molecular flexibility index (Phi) is 4.95. The minimum absolute atomic E-state index is 0. The number of hydrogen-bond donors (Lipinski definition) is 0. The maximum atomic E-state index is 5.84. The van der Waals surface area contributed by atoms with Gasteiger partial charge in [-0.25, -0.2) is 9.97 Å². The van der Waals surface area contributed by atoms with Crippen molar-refractivity contribution in [2.24, 2.45) is 0 Å². The molecule has 0 aliphatic carbocycles. The summed E-state index contributed by atoms with van der Waals surface area (Å²) in [5, 5.41) is 0.927. The van der Waals surface area contributed by atoms with Crippen molar-refractivity contribution >= 4 is 23.3 Å². The Morgan fingerprint density at radius 3 is 2.62 bits per heavy atom. The summed E-state index contributed by atoms with van der Waals surface area (Å²) < 4.78 is 11.2. The lowest BCUT2D eigenvalue weighted by Crippen LogP contribution is -1.98. The van der Waals surface area contributed by atoms with Gasteiger partial charge in [0.2, 0.25) is 0 Å². The van der Waals surface area contributed by atoms with Crippen LogP contribution in [0.1, 0.15) is 5.56 Å². The van der Waals surface area contributed by atoms with Crippen LogP contribution < -0.4 is 9.47 Å². The van der Waals surface area contributed by atoms with Crippen LogP contribution in [-0.2, 0) is 6.61 Å². The SMILES string of the molecule is COc1cc2cncnc2cc1OCc1ccccc1.Cl. The summed E-state index contributed by atoms with van der Waals surface area (Å²) in [7, 11) is 1.63. The largest absolute Gasteiger partial charge is 0.493 e. The number of hydrogen-bond acceptors (Lipinski definition) is 4. The summed E-state index contributed by atoms with van der Waals surface area (Å²) in [6, 6.07) is 13.8. The van der Waals surface area contributed by atoms with Crippen LogP contribution in [-0.4, -0.2) is 17.1 Å². The molecule has 0 saturated heterocycles. The van der Waals surface area contributed by atoms with Gasteiger partial charge in [0, 0.05) is 17.6 Å². The topological polar surface area (TPSA) is 44.2 Å². The van der Waals surface area contributed by atoms with Crippen molar-refractivity contribution in [2.45, 2.75) is 6.61 Å². The number of benzene rings is 2. The van der Waals surface area contributed by atoms with Gasteiger partial charge in [0.25, 0.3) is 0 Å². The van der Waals surface area contributed by atoms with Crippen LogP contribution in [0.5, 0.6) is 11.5 Å². The Hall–Kier alpha value is -2.33. The molecule has 0 spiro atoms. The zero-order valence-corrected chi connectivity index (χ0v) is 12.3. The predicted molar refractivity (Wildman–Crippen MR) is 84.1 cm³/mol. The number of ether oxygens (including phenoxy) is 2. The van der Waals surface area contributed by atoms with Crippen molar-refractivity contribution in [1.29, 1.82) is 0 Å². The zero-order chi connectivity index (χ0) is 13.8. The fourth-order valence-electron chi connectivity index (χ4n) is 2.00. The molecule has 0 amide bonds. The normalized spacial score (nSPS) is 9.95. The molecule has 0 N–H and O–H groups in total. The van der Waals surface area contributed by atoms with E-state index in [1.807, 2.05) is 42.5 Å². The monoisotopic (exact) mass is 302 g/mol. The van der Waals surface area contributed by atoms with Crippen LogP contribution in [0, 0.1) is 0 Å². The van der Waals surface area contributed by atoms with Crippen molar-refractivity contribution in [2.75, 3.05) is 7.11 Å². The first-order chi connectivity index (χ1) is 9.86. The van der Waals surface area contributed by atoms with Gasteiger partial charge in [-0.15, -0.1) is 12.4 Å². The van der Waals surface area contributed by atoms with E-state index in [1.54, 1.807) is 13.3 Å². The molecule has 0 atom stereocenters. The summed E-state index contributed by atoms with van der Waals surface area (Å²) in [5.74, 6) is 1.37. The second-order valence-electron chi connectivity index (χ2n) is 4.36. The molecule has 0 saturated carbocycles.